The van der Waals surface area contributed by atoms with Gasteiger partial charge in [-0.25, -0.2) is 4.98 Å². The molecule has 1 amide bonds. The minimum Gasteiger partial charge on any atom is -0.477 e. The third-order valence-electron chi connectivity index (χ3n) is 2.49. The molecule has 0 atom stereocenters. The lowest BCUT2D eigenvalue weighted by Crippen LogP contribution is -2.32. The highest BCUT2D eigenvalue weighted by atomic mass is 16.5. The van der Waals surface area contributed by atoms with Gasteiger partial charge in [-0.15, -0.1) is 0 Å². The van der Waals surface area contributed by atoms with Gasteiger partial charge in [0, 0.05) is 13.1 Å². The molecule has 0 spiro atoms. The van der Waals surface area contributed by atoms with Gasteiger partial charge in [-0.2, -0.15) is 5.26 Å². The number of ether oxygens (including phenoxy) is 1. The first-order valence-electron chi connectivity index (χ1n) is 6.26. The Bertz CT molecular complexity index is 522. The highest BCUT2D eigenvalue weighted by molar-refractivity contribution is 5.93. The van der Waals surface area contributed by atoms with Crippen molar-refractivity contribution in [2.75, 3.05) is 39.5 Å². The molecule has 1 aromatic heterocycles. The number of rotatable bonds is 6. The molecule has 0 saturated heterocycles. The molecule has 3 N–H and O–H groups in total. The van der Waals surface area contributed by atoms with Crippen molar-refractivity contribution in [1.82, 2.24) is 15.2 Å². The van der Waals surface area contributed by atoms with E-state index in [1.807, 2.05) is 25.1 Å². The van der Waals surface area contributed by atoms with Crippen LogP contribution in [-0.2, 0) is 0 Å². The summed E-state index contributed by atoms with van der Waals surface area (Å²) in [5.74, 6) is -0.253. The molecular weight excluding hydrogens is 258 g/mol. The Hall–Kier alpha value is -2.33. The second-order valence-corrected chi connectivity index (χ2v) is 4.38. The monoisotopic (exact) mass is 277 g/mol. The largest absolute Gasteiger partial charge is 0.477 e. The molecule has 7 nitrogen and oxygen atoms in total. The average Bonchev–Trinajstić information content (AvgIpc) is 2.38. The Kier molecular flexibility index (Phi) is 5.74. The summed E-state index contributed by atoms with van der Waals surface area (Å²) in [6, 6.07) is 3.30. The van der Waals surface area contributed by atoms with Crippen LogP contribution in [0.1, 0.15) is 23.0 Å². The van der Waals surface area contributed by atoms with Crippen LogP contribution < -0.4 is 15.8 Å². The number of nitriles is 1. The van der Waals surface area contributed by atoms with Crippen molar-refractivity contribution in [2.45, 2.75) is 6.92 Å². The van der Waals surface area contributed by atoms with Crippen molar-refractivity contribution in [1.29, 1.82) is 5.26 Å². The molecule has 1 heterocycles. The number of pyridine rings is 1. The predicted octanol–water partition coefficient (Wildman–Crippen LogP) is 0.226. The average molecular weight is 277 g/mol. The van der Waals surface area contributed by atoms with Gasteiger partial charge < -0.3 is 20.7 Å². The van der Waals surface area contributed by atoms with Gasteiger partial charge in [0.1, 0.15) is 17.3 Å². The maximum absolute atomic E-state index is 11.9. The van der Waals surface area contributed by atoms with Crippen molar-refractivity contribution in [3.8, 4) is 11.9 Å². The van der Waals surface area contributed by atoms with Crippen molar-refractivity contribution in [3.63, 3.8) is 0 Å². The standard InChI is InChI=1S/C13H19N5O2/c1-4-20-13-9(8-14)10(15)7-11(17-13)12(19)16-5-6-18(2)3/h7H,4-6H2,1-3H3,(H2,15,17)(H,16,19). The second kappa shape index (κ2) is 7.31. The molecule has 0 saturated carbocycles. The van der Waals surface area contributed by atoms with Crippen molar-refractivity contribution in [2.24, 2.45) is 0 Å². The summed E-state index contributed by atoms with van der Waals surface area (Å²) < 4.78 is 5.24. The first-order chi connectivity index (χ1) is 9.49. The number of nitrogens with one attached hydrogen (secondary N) is 1. The summed E-state index contributed by atoms with van der Waals surface area (Å²) in [6.07, 6.45) is 0. The maximum Gasteiger partial charge on any atom is 0.270 e. The number of likely N-dealkylation sites (N-methyl/N-ethyl adjacent to an activating group) is 1. The summed E-state index contributed by atoms with van der Waals surface area (Å²) >= 11 is 0. The van der Waals surface area contributed by atoms with Crippen molar-refractivity contribution < 1.29 is 9.53 Å². The number of nitrogens with two attached hydrogens (primary N) is 1. The maximum atomic E-state index is 11.9. The van der Waals surface area contributed by atoms with Gasteiger partial charge in [0.05, 0.1) is 12.3 Å². The number of nitrogens with zero attached hydrogens (tertiary/aromatic N) is 3. The molecule has 1 aromatic rings. The van der Waals surface area contributed by atoms with Crippen LogP contribution in [0.2, 0.25) is 0 Å². The highest BCUT2D eigenvalue weighted by Gasteiger charge is 2.15. The molecule has 7 heteroatoms. The topological polar surface area (TPSA) is 104 Å². The van der Waals surface area contributed by atoms with E-state index in [9.17, 15) is 4.79 Å². The Morgan fingerprint density at radius 3 is 2.85 bits per heavy atom. The lowest BCUT2D eigenvalue weighted by Gasteiger charge is -2.12. The van der Waals surface area contributed by atoms with E-state index in [-0.39, 0.29) is 28.7 Å². The number of amides is 1. The number of aromatic nitrogens is 1. The molecule has 0 aliphatic heterocycles. The van der Waals surface area contributed by atoms with E-state index >= 15 is 0 Å². The third-order valence-corrected chi connectivity index (χ3v) is 2.49. The normalized spacial score (nSPS) is 10.2. The van der Waals surface area contributed by atoms with Crippen LogP contribution in [0.3, 0.4) is 0 Å². The molecule has 20 heavy (non-hydrogen) atoms. The van der Waals surface area contributed by atoms with Gasteiger partial charge in [-0.05, 0) is 27.1 Å². The summed E-state index contributed by atoms with van der Waals surface area (Å²) in [6.45, 7) is 3.32. The number of carbonyl (C=O) groups excluding carboxylic acids is 1. The van der Waals surface area contributed by atoms with E-state index in [4.69, 9.17) is 15.7 Å². The molecule has 1 rings (SSSR count). The van der Waals surface area contributed by atoms with Gasteiger partial charge in [0.15, 0.2) is 0 Å². The van der Waals surface area contributed by atoms with Gasteiger partial charge in [-0.1, -0.05) is 0 Å². The molecule has 0 aromatic carbocycles. The Balaban J connectivity index is 2.90. The van der Waals surface area contributed by atoms with E-state index in [0.29, 0.717) is 13.2 Å². The van der Waals surface area contributed by atoms with E-state index in [2.05, 4.69) is 10.3 Å². The first kappa shape index (κ1) is 15.7. The molecule has 0 fully saturated rings. The van der Waals surface area contributed by atoms with Crippen LogP contribution in [0.15, 0.2) is 6.07 Å². The van der Waals surface area contributed by atoms with Crippen LogP contribution in [0.4, 0.5) is 5.69 Å². The van der Waals surface area contributed by atoms with E-state index in [1.54, 1.807) is 6.92 Å². The molecule has 0 bridgehead atoms. The molecule has 108 valence electrons. The molecule has 0 unspecified atom stereocenters. The van der Waals surface area contributed by atoms with E-state index in [1.165, 1.54) is 6.07 Å². The fourth-order valence-electron chi connectivity index (χ4n) is 1.49. The van der Waals surface area contributed by atoms with E-state index in [0.717, 1.165) is 6.54 Å². The van der Waals surface area contributed by atoms with Crippen LogP contribution >= 0.6 is 0 Å². The summed E-state index contributed by atoms with van der Waals surface area (Å²) in [4.78, 5) is 17.9. The minimum atomic E-state index is -0.344. The number of anilines is 1. The van der Waals surface area contributed by atoms with Crippen LogP contribution in [0.5, 0.6) is 5.88 Å². The number of hydrogen-bond donors (Lipinski definition) is 2. The van der Waals surface area contributed by atoms with Crippen LogP contribution in [0.25, 0.3) is 0 Å². The van der Waals surface area contributed by atoms with Gasteiger partial charge >= 0.3 is 0 Å². The molecular formula is C13H19N5O2. The zero-order chi connectivity index (χ0) is 15.1. The fraction of sp³-hybridized carbons (Fsp3) is 0.462. The zero-order valence-electron chi connectivity index (χ0n) is 11.9. The number of hydrogen-bond acceptors (Lipinski definition) is 6. The smallest absolute Gasteiger partial charge is 0.270 e. The highest BCUT2D eigenvalue weighted by Crippen LogP contribution is 2.22. The van der Waals surface area contributed by atoms with Crippen molar-refractivity contribution in [3.05, 3.63) is 17.3 Å². The number of carbonyl (C=O) groups is 1. The van der Waals surface area contributed by atoms with Crippen LogP contribution in [-0.4, -0.2) is 49.6 Å². The van der Waals surface area contributed by atoms with Gasteiger partial charge in [-0.3, -0.25) is 4.79 Å². The third kappa shape index (κ3) is 4.10. The minimum absolute atomic E-state index is 0.0905. The molecule has 0 aliphatic carbocycles. The van der Waals surface area contributed by atoms with Crippen LogP contribution in [0, 0.1) is 11.3 Å². The Labute approximate surface area is 118 Å². The van der Waals surface area contributed by atoms with Gasteiger partial charge in [0.2, 0.25) is 5.88 Å². The van der Waals surface area contributed by atoms with E-state index < -0.39 is 0 Å². The summed E-state index contributed by atoms with van der Waals surface area (Å²) in [5.41, 5.74) is 6.22. The quantitative estimate of drug-likeness (QED) is 0.771. The Morgan fingerprint density at radius 1 is 1.60 bits per heavy atom. The second-order valence-electron chi connectivity index (χ2n) is 4.38. The summed E-state index contributed by atoms with van der Waals surface area (Å²) in [7, 11) is 3.83. The van der Waals surface area contributed by atoms with Gasteiger partial charge in [0.25, 0.3) is 5.91 Å². The molecule has 0 aliphatic rings. The number of nitrogen functional groups attached to an aromatic ring is 1. The predicted molar refractivity (Wildman–Crippen MR) is 75.4 cm³/mol. The molecule has 0 radical (unpaired) electrons. The zero-order valence-corrected chi connectivity index (χ0v) is 11.9. The SMILES string of the molecule is CCOc1nc(C(=O)NCCN(C)C)cc(N)c1C#N. The van der Waals surface area contributed by atoms with Crippen molar-refractivity contribution >= 4 is 11.6 Å². The lowest BCUT2D eigenvalue weighted by molar-refractivity contribution is 0.0945. The first-order valence-corrected chi connectivity index (χ1v) is 6.26. The lowest BCUT2D eigenvalue weighted by atomic mass is 10.2. The summed E-state index contributed by atoms with van der Waals surface area (Å²) in [5, 5.41) is 11.7. The fourth-order valence-corrected chi connectivity index (χ4v) is 1.49. The Morgan fingerprint density at radius 2 is 2.30 bits per heavy atom.